The van der Waals surface area contributed by atoms with E-state index in [9.17, 15) is 4.39 Å². The molecule has 1 rings (SSSR count). The number of hydrogen-bond donors (Lipinski definition) is 3. The van der Waals surface area contributed by atoms with Crippen molar-refractivity contribution >= 4 is 29.9 Å². The summed E-state index contributed by atoms with van der Waals surface area (Å²) in [6.45, 7) is 9.07. The Morgan fingerprint density at radius 1 is 1.33 bits per heavy atom. The number of aliphatic imine (C=N–C) groups is 1. The fourth-order valence-corrected chi connectivity index (χ4v) is 1.68. The molecule has 21 heavy (non-hydrogen) atoms. The molecular formula is C15H25FIN3O. The fourth-order valence-electron chi connectivity index (χ4n) is 1.68. The van der Waals surface area contributed by atoms with Gasteiger partial charge in [-0.3, -0.25) is 0 Å². The Bertz CT molecular complexity index is 472. The average Bonchev–Trinajstić information content (AvgIpc) is 2.36. The van der Waals surface area contributed by atoms with E-state index in [1.54, 1.807) is 12.1 Å². The van der Waals surface area contributed by atoms with E-state index in [-0.39, 0.29) is 41.9 Å². The zero-order valence-corrected chi connectivity index (χ0v) is 15.4. The average molecular weight is 409 g/mol. The second-order valence-corrected chi connectivity index (χ2v) is 5.65. The number of halogens is 2. The van der Waals surface area contributed by atoms with Crippen LogP contribution in [0.1, 0.15) is 38.8 Å². The molecule has 0 fully saturated rings. The van der Waals surface area contributed by atoms with Crippen LogP contribution in [0.3, 0.4) is 0 Å². The number of benzene rings is 1. The highest BCUT2D eigenvalue weighted by molar-refractivity contribution is 14.0. The van der Waals surface area contributed by atoms with Gasteiger partial charge in [0.25, 0.3) is 0 Å². The van der Waals surface area contributed by atoms with Crippen LogP contribution in [0.25, 0.3) is 0 Å². The van der Waals surface area contributed by atoms with Gasteiger partial charge in [-0.05, 0) is 45.4 Å². The van der Waals surface area contributed by atoms with E-state index in [4.69, 9.17) is 5.11 Å². The topological polar surface area (TPSA) is 56.7 Å². The zero-order chi connectivity index (χ0) is 15.2. The minimum Gasteiger partial charge on any atom is -0.392 e. The van der Waals surface area contributed by atoms with E-state index in [1.165, 1.54) is 6.07 Å². The van der Waals surface area contributed by atoms with Gasteiger partial charge in [-0.2, -0.15) is 0 Å². The number of aliphatic hydroxyl groups is 1. The van der Waals surface area contributed by atoms with Gasteiger partial charge in [0.15, 0.2) is 5.96 Å². The molecule has 120 valence electrons. The van der Waals surface area contributed by atoms with E-state index in [1.807, 2.05) is 6.92 Å². The molecular weight excluding hydrogens is 384 g/mol. The van der Waals surface area contributed by atoms with E-state index < -0.39 is 0 Å². The maximum absolute atomic E-state index is 13.3. The molecule has 6 heteroatoms. The summed E-state index contributed by atoms with van der Waals surface area (Å²) in [5, 5.41) is 15.5. The van der Waals surface area contributed by atoms with Gasteiger partial charge < -0.3 is 15.7 Å². The summed E-state index contributed by atoms with van der Waals surface area (Å²) in [6, 6.07) is 4.68. The third-order valence-electron chi connectivity index (χ3n) is 2.54. The fraction of sp³-hybridized carbons (Fsp3) is 0.533. The van der Waals surface area contributed by atoms with Gasteiger partial charge in [0.1, 0.15) is 5.82 Å². The Balaban J connectivity index is 0.00000400. The highest BCUT2D eigenvalue weighted by Crippen LogP contribution is 2.11. The lowest BCUT2D eigenvalue weighted by atomic mass is 10.1. The lowest BCUT2D eigenvalue weighted by molar-refractivity contribution is 0.275. The van der Waals surface area contributed by atoms with Crippen LogP contribution in [0.5, 0.6) is 0 Å². The monoisotopic (exact) mass is 409 g/mol. The molecule has 4 nitrogen and oxygen atoms in total. The van der Waals surface area contributed by atoms with E-state index >= 15 is 0 Å². The van der Waals surface area contributed by atoms with E-state index in [2.05, 4.69) is 36.4 Å². The minimum absolute atomic E-state index is 0. The lowest BCUT2D eigenvalue weighted by Gasteiger charge is -2.23. The van der Waals surface area contributed by atoms with Crippen molar-refractivity contribution in [2.45, 2.75) is 46.4 Å². The number of aliphatic hydroxyl groups excluding tert-OH is 1. The van der Waals surface area contributed by atoms with Crippen molar-refractivity contribution < 1.29 is 9.50 Å². The number of rotatable bonds is 4. The van der Waals surface area contributed by atoms with Gasteiger partial charge in [-0.15, -0.1) is 24.0 Å². The molecule has 0 saturated carbocycles. The SMILES string of the molecule is CCNC(=NCc1ccc(F)c(CO)c1)NC(C)(C)C.I. The predicted octanol–water partition coefficient (Wildman–Crippen LogP) is 2.79. The Morgan fingerprint density at radius 2 is 2.00 bits per heavy atom. The Labute approximate surface area is 143 Å². The first-order valence-electron chi connectivity index (χ1n) is 6.80. The minimum atomic E-state index is -0.389. The number of nitrogens with zero attached hydrogens (tertiary/aromatic N) is 1. The van der Waals surface area contributed by atoms with Crippen molar-refractivity contribution in [1.29, 1.82) is 0 Å². The highest BCUT2D eigenvalue weighted by Gasteiger charge is 2.11. The van der Waals surface area contributed by atoms with Crippen molar-refractivity contribution in [3.63, 3.8) is 0 Å². The third-order valence-corrected chi connectivity index (χ3v) is 2.54. The van der Waals surface area contributed by atoms with Crippen molar-refractivity contribution in [3.05, 3.63) is 35.1 Å². The molecule has 3 N–H and O–H groups in total. The van der Waals surface area contributed by atoms with Gasteiger partial charge in [0.2, 0.25) is 0 Å². The molecule has 1 aromatic rings. The van der Waals surface area contributed by atoms with Crippen LogP contribution in [0.15, 0.2) is 23.2 Å². The first-order valence-corrected chi connectivity index (χ1v) is 6.80. The molecule has 0 unspecified atom stereocenters. The lowest BCUT2D eigenvalue weighted by Crippen LogP contribution is -2.47. The second-order valence-electron chi connectivity index (χ2n) is 5.65. The standard InChI is InChI=1S/C15H24FN3O.HI/c1-5-17-14(19-15(2,3)4)18-9-11-6-7-13(16)12(8-11)10-20;/h6-8,20H,5,9-10H2,1-4H3,(H2,17,18,19);1H. The Hall–Kier alpha value is -0.890. The molecule has 0 spiro atoms. The van der Waals surface area contributed by atoms with Crippen LogP contribution >= 0.6 is 24.0 Å². The smallest absolute Gasteiger partial charge is 0.191 e. The summed E-state index contributed by atoms with van der Waals surface area (Å²) in [4.78, 5) is 4.46. The maximum Gasteiger partial charge on any atom is 0.191 e. The Morgan fingerprint density at radius 3 is 2.52 bits per heavy atom. The van der Waals surface area contributed by atoms with Crippen LogP contribution in [-0.2, 0) is 13.2 Å². The molecule has 0 amide bonds. The predicted molar refractivity (Wildman–Crippen MR) is 95.4 cm³/mol. The van der Waals surface area contributed by atoms with Crippen molar-refractivity contribution in [2.24, 2.45) is 4.99 Å². The van der Waals surface area contributed by atoms with Gasteiger partial charge in [-0.25, -0.2) is 9.38 Å². The normalized spacial score (nSPS) is 11.8. The van der Waals surface area contributed by atoms with E-state index in [0.717, 1.165) is 18.1 Å². The quantitative estimate of drug-likeness (QED) is 0.407. The molecule has 1 aromatic carbocycles. The molecule has 0 aliphatic carbocycles. The molecule has 0 aromatic heterocycles. The van der Waals surface area contributed by atoms with E-state index in [0.29, 0.717) is 12.1 Å². The van der Waals surface area contributed by atoms with Crippen molar-refractivity contribution in [1.82, 2.24) is 10.6 Å². The van der Waals surface area contributed by atoms with Crippen molar-refractivity contribution in [3.8, 4) is 0 Å². The van der Waals surface area contributed by atoms with Crippen LogP contribution < -0.4 is 10.6 Å². The second kappa shape index (κ2) is 9.19. The summed E-state index contributed by atoms with van der Waals surface area (Å²) in [5.41, 5.74) is 1.08. The summed E-state index contributed by atoms with van der Waals surface area (Å²) in [6.07, 6.45) is 0. The van der Waals surface area contributed by atoms with Crippen molar-refractivity contribution in [2.75, 3.05) is 6.54 Å². The highest BCUT2D eigenvalue weighted by atomic mass is 127. The van der Waals surface area contributed by atoms with Gasteiger partial charge >= 0.3 is 0 Å². The van der Waals surface area contributed by atoms with Crippen LogP contribution in [0, 0.1) is 5.82 Å². The third kappa shape index (κ3) is 7.61. The molecule has 0 atom stereocenters. The van der Waals surface area contributed by atoms with Crippen LogP contribution in [0.2, 0.25) is 0 Å². The Kier molecular flexibility index (Phi) is 8.80. The first kappa shape index (κ1) is 20.1. The van der Waals surface area contributed by atoms with Gasteiger partial charge in [0, 0.05) is 17.6 Å². The largest absolute Gasteiger partial charge is 0.392 e. The number of hydrogen-bond acceptors (Lipinski definition) is 2. The van der Waals surface area contributed by atoms with Gasteiger partial charge in [0.05, 0.1) is 13.2 Å². The molecule has 0 saturated heterocycles. The summed E-state index contributed by atoms with van der Waals surface area (Å²) in [7, 11) is 0. The summed E-state index contributed by atoms with van der Waals surface area (Å²) in [5.74, 6) is 0.329. The molecule has 0 aliphatic heterocycles. The molecule has 0 heterocycles. The molecule has 0 bridgehead atoms. The zero-order valence-electron chi connectivity index (χ0n) is 13.0. The first-order chi connectivity index (χ1) is 9.35. The van der Waals surface area contributed by atoms with Crippen LogP contribution in [0.4, 0.5) is 4.39 Å². The van der Waals surface area contributed by atoms with Crippen LogP contribution in [-0.4, -0.2) is 23.1 Å². The van der Waals surface area contributed by atoms with Gasteiger partial charge in [-0.1, -0.05) is 6.07 Å². The number of guanidine groups is 1. The molecule has 0 radical (unpaired) electrons. The number of nitrogens with one attached hydrogen (secondary N) is 2. The maximum atomic E-state index is 13.3. The molecule has 0 aliphatic rings. The summed E-state index contributed by atoms with van der Waals surface area (Å²) >= 11 is 0. The summed E-state index contributed by atoms with van der Waals surface area (Å²) < 4.78 is 13.3.